The van der Waals surface area contributed by atoms with Gasteiger partial charge >= 0.3 is 6.09 Å². The van der Waals surface area contributed by atoms with Crippen molar-refractivity contribution in [3.63, 3.8) is 0 Å². The third kappa shape index (κ3) is 5.40. The molecule has 1 unspecified atom stereocenters. The molecule has 0 saturated carbocycles. The van der Waals surface area contributed by atoms with Crippen LogP contribution >= 0.6 is 0 Å². The van der Waals surface area contributed by atoms with Crippen molar-refractivity contribution in [3.05, 3.63) is 59.7 Å². The first kappa shape index (κ1) is 19.6. The third-order valence-electron chi connectivity index (χ3n) is 4.14. The van der Waals surface area contributed by atoms with Crippen molar-refractivity contribution in [1.82, 2.24) is 15.2 Å². The Kier molecular flexibility index (Phi) is 6.38. The van der Waals surface area contributed by atoms with Crippen LogP contribution in [-0.4, -0.2) is 59.3 Å². The van der Waals surface area contributed by atoms with E-state index in [-0.39, 0.29) is 43.1 Å². The van der Waals surface area contributed by atoms with E-state index < -0.39 is 12.0 Å². The highest BCUT2D eigenvalue weighted by Crippen LogP contribution is 2.10. The van der Waals surface area contributed by atoms with Gasteiger partial charge < -0.3 is 24.8 Å². The first-order valence-corrected chi connectivity index (χ1v) is 8.72. The van der Waals surface area contributed by atoms with Gasteiger partial charge in [0.05, 0.1) is 25.5 Å². The topological polar surface area (TPSA) is 101 Å². The average molecular weight is 389 g/mol. The number of benzene rings is 1. The lowest BCUT2D eigenvalue weighted by atomic mass is 10.2. The number of pyridine rings is 1. The first-order chi connectivity index (χ1) is 13.5. The Morgan fingerprint density at radius 2 is 2.07 bits per heavy atom. The predicted molar refractivity (Wildman–Crippen MR) is 96.1 cm³/mol. The minimum absolute atomic E-state index is 0.0260. The number of ether oxygens (including phenoxy) is 2. The molecule has 2 amide bonds. The average Bonchev–Trinajstić information content (AvgIpc) is 2.72. The summed E-state index contributed by atoms with van der Waals surface area (Å²) < 4.78 is 23.7. The Hall–Kier alpha value is -3.20. The smallest absolute Gasteiger partial charge is 0.410 e. The van der Waals surface area contributed by atoms with E-state index in [0.29, 0.717) is 18.7 Å². The van der Waals surface area contributed by atoms with E-state index in [0.717, 1.165) is 0 Å². The zero-order valence-corrected chi connectivity index (χ0v) is 15.0. The number of carbonyl (C=O) groups excluding carboxylic acids is 2. The molecule has 0 radical (unpaired) electrons. The largest absolute Gasteiger partial charge is 0.506 e. The first-order valence-electron chi connectivity index (χ1n) is 8.72. The summed E-state index contributed by atoms with van der Waals surface area (Å²) in [5.41, 5.74) is 0.859. The quantitative estimate of drug-likeness (QED) is 0.807. The number of nitrogens with zero attached hydrogens (tertiary/aromatic N) is 2. The molecule has 2 heterocycles. The zero-order chi connectivity index (χ0) is 19.9. The number of aromatic hydroxyl groups is 1. The molecule has 1 aliphatic heterocycles. The van der Waals surface area contributed by atoms with Gasteiger partial charge in [-0.25, -0.2) is 14.2 Å². The van der Waals surface area contributed by atoms with Crippen molar-refractivity contribution in [2.75, 3.05) is 26.2 Å². The van der Waals surface area contributed by atoms with Gasteiger partial charge in [0, 0.05) is 13.1 Å². The SMILES string of the molecule is O=C(NCC1CN(C(=O)OCc2ccc(F)cc2)CCO1)c1ccc(O)cn1. The van der Waals surface area contributed by atoms with E-state index in [1.54, 1.807) is 12.1 Å². The Morgan fingerprint density at radius 1 is 1.29 bits per heavy atom. The van der Waals surface area contributed by atoms with Crippen LogP contribution in [0, 0.1) is 5.82 Å². The maximum absolute atomic E-state index is 12.9. The van der Waals surface area contributed by atoms with E-state index in [9.17, 15) is 19.1 Å². The minimum atomic E-state index is -0.496. The number of morpholine rings is 1. The monoisotopic (exact) mass is 389 g/mol. The van der Waals surface area contributed by atoms with Crippen molar-refractivity contribution in [3.8, 4) is 5.75 Å². The van der Waals surface area contributed by atoms with Crippen LogP contribution in [0.4, 0.5) is 9.18 Å². The highest BCUT2D eigenvalue weighted by atomic mass is 19.1. The van der Waals surface area contributed by atoms with Crippen LogP contribution in [0.25, 0.3) is 0 Å². The summed E-state index contributed by atoms with van der Waals surface area (Å²) >= 11 is 0. The molecule has 0 spiro atoms. The third-order valence-corrected chi connectivity index (χ3v) is 4.14. The molecule has 1 aromatic carbocycles. The fourth-order valence-electron chi connectivity index (χ4n) is 2.64. The lowest BCUT2D eigenvalue weighted by molar-refractivity contribution is -0.0264. The van der Waals surface area contributed by atoms with Crippen LogP contribution in [0.5, 0.6) is 5.75 Å². The predicted octanol–water partition coefficient (Wildman–Crippen LogP) is 1.69. The van der Waals surface area contributed by atoms with Crippen molar-refractivity contribution in [2.24, 2.45) is 0 Å². The van der Waals surface area contributed by atoms with Gasteiger partial charge in [0.15, 0.2) is 0 Å². The fraction of sp³-hybridized carbons (Fsp3) is 0.316. The van der Waals surface area contributed by atoms with E-state index in [1.165, 1.54) is 35.4 Å². The molecule has 1 fully saturated rings. The van der Waals surface area contributed by atoms with Gasteiger partial charge in [-0.2, -0.15) is 0 Å². The molecule has 9 heteroatoms. The van der Waals surface area contributed by atoms with Gasteiger partial charge in [-0.3, -0.25) is 4.79 Å². The van der Waals surface area contributed by atoms with Gasteiger partial charge in [0.1, 0.15) is 23.9 Å². The van der Waals surface area contributed by atoms with Gasteiger partial charge in [0.2, 0.25) is 0 Å². The molecule has 0 aliphatic carbocycles. The number of rotatable bonds is 5. The standard InChI is InChI=1S/C19H20FN3O5/c20-14-3-1-13(2-4-14)12-28-19(26)23-7-8-27-16(11-23)10-22-18(25)17-6-5-15(24)9-21-17/h1-6,9,16,24H,7-8,10-12H2,(H,22,25). The molecule has 1 saturated heterocycles. The van der Waals surface area contributed by atoms with Gasteiger partial charge in [-0.1, -0.05) is 12.1 Å². The van der Waals surface area contributed by atoms with Crippen molar-refractivity contribution in [2.45, 2.75) is 12.7 Å². The summed E-state index contributed by atoms with van der Waals surface area (Å²) in [6.45, 7) is 1.22. The maximum Gasteiger partial charge on any atom is 0.410 e. The Labute approximate surface area is 160 Å². The summed E-state index contributed by atoms with van der Waals surface area (Å²) in [5.74, 6) is -0.780. The Bertz CT molecular complexity index is 813. The van der Waals surface area contributed by atoms with E-state index in [4.69, 9.17) is 9.47 Å². The molecule has 1 atom stereocenters. The number of hydrogen-bond donors (Lipinski definition) is 2. The van der Waals surface area contributed by atoms with Crippen molar-refractivity contribution >= 4 is 12.0 Å². The molecule has 0 bridgehead atoms. The molecule has 3 rings (SSSR count). The van der Waals surface area contributed by atoms with Gasteiger partial charge in [-0.15, -0.1) is 0 Å². The Balaban J connectivity index is 1.45. The zero-order valence-electron chi connectivity index (χ0n) is 15.0. The number of amides is 2. The van der Waals surface area contributed by atoms with Gasteiger partial charge in [-0.05, 0) is 29.8 Å². The van der Waals surface area contributed by atoms with Crippen LogP contribution in [0.3, 0.4) is 0 Å². The molecular weight excluding hydrogens is 369 g/mol. The highest BCUT2D eigenvalue weighted by Gasteiger charge is 2.25. The maximum atomic E-state index is 12.9. The molecular formula is C19H20FN3O5. The molecule has 28 heavy (non-hydrogen) atoms. The van der Waals surface area contributed by atoms with Crippen LogP contribution in [0.1, 0.15) is 16.1 Å². The van der Waals surface area contributed by atoms with Crippen LogP contribution < -0.4 is 5.32 Å². The molecule has 8 nitrogen and oxygen atoms in total. The summed E-state index contributed by atoms with van der Waals surface area (Å²) in [5, 5.41) is 11.9. The lowest BCUT2D eigenvalue weighted by Crippen LogP contribution is -2.49. The lowest BCUT2D eigenvalue weighted by Gasteiger charge is -2.32. The molecule has 1 aromatic heterocycles. The van der Waals surface area contributed by atoms with E-state index >= 15 is 0 Å². The molecule has 2 aromatic rings. The number of nitrogens with one attached hydrogen (secondary N) is 1. The molecule has 148 valence electrons. The number of aromatic nitrogens is 1. The van der Waals surface area contributed by atoms with E-state index in [2.05, 4.69) is 10.3 Å². The fourth-order valence-corrected chi connectivity index (χ4v) is 2.64. The molecule has 1 aliphatic rings. The number of halogens is 1. The summed E-state index contributed by atoms with van der Waals surface area (Å²) in [4.78, 5) is 29.6. The molecule has 2 N–H and O–H groups in total. The number of carbonyl (C=O) groups is 2. The van der Waals surface area contributed by atoms with Crippen LogP contribution in [0.2, 0.25) is 0 Å². The second-order valence-electron chi connectivity index (χ2n) is 6.23. The van der Waals surface area contributed by atoms with Gasteiger partial charge in [0.25, 0.3) is 5.91 Å². The minimum Gasteiger partial charge on any atom is -0.506 e. The summed E-state index contributed by atoms with van der Waals surface area (Å²) in [6.07, 6.45) is 0.308. The van der Waals surface area contributed by atoms with Crippen LogP contribution in [0.15, 0.2) is 42.6 Å². The summed E-state index contributed by atoms with van der Waals surface area (Å²) in [7, 11) is 0. The normalized spacial score (nSPS) is 16.5. The van der Waals surface area contributed by atoms with Crippen molar-refractivity contribution < 1.29 is 28.6 Å². The van der Waals surface area contributed by atoms with E-state index in [1.807, 2.05) is 0 Å². The van der Waals surface area contributed by atoms with Crippen LogP contribution in [-0.2, 0) is 16.1 Å². The second kappa shape index (κ2) is 9.14. The van der Waals surface area contributed by atoms with Crippen molar-refractivity contribution in [1.29, 1.82) is 0 Å². The highest BCUT2D eigenvalue weighted by molar-refractivity contribution is 5.92. The summed E-state index contributed by atoms with van der Waals surface area (Å²) in [6, 6.07) is 8.50. The number of hydrogen-bond acceptors (Lipinski definition) is 6. The Morgan fingerprint density at radius 3 is 2.79 bits per heavy atom. The second-order valence-corrected chi connectivity index (χ2v) is 6.23.